The third-order valence-electron chi connectivity index (χ3n) is 8.18. The standard InChI is InChI=1S/C24H31FN2OS/c1-24-10-9-17-16-5-2-6-20(25)18(16)7-8-19(17)22(24)15(14-21(24)28)4-3-11-26-23-27-12-13-29-23/h2,5-6,15,17,19,22H,3-4,7-14H2,1H3,(H,26,27)/t15-,17?,19?,22?,24-/m1/s1. The first-order valence-electron chi connectivity index (χ1n) is 11.3. The highest BCUT2D eigenvalue weighted by Gasteiger charge is 2.58. The van der Waals surface area contributed by atoms with Crippen molar-refractivity contribution in [1.82, 2.24) is 5.32 Å². The number of hydrogen-bond donors (Lipinski definition) is 1. The molecule has 5 atom stereocenters. The maximum Gasteiger partial charge on any atom is 0.156 e. The smallest absolute Gasteiger partial charge is 0.156 e. The Morgan fingerprint density at radius 2 is 2.24 bits per heavy atom. The van der Waals surface area contributed by atoms with Crippen LogP contribution in [0.25, 0.3) is 0 Å². The van der Waals surface area contributed by atoms with E-state index in [1.54, 1.807) is 17.8 Å². The maximum absolute atomic E-state index is 14.4. The first-order chi connectivity index (χ1) is 14.1. The predicted octanol–water partition coefficient (Wildman–Crippen LogP) is 4.95. The summed E-state index contributed by atoms with van der Waals surface area (Å²) in [7, 11) is 0. The number of benzene rings is 1. The first-order valence-corrected chi connectivity index (χ1v) is 12.3. The van der Waals surface area contributed by atoms with Gasteiger partial charge in [-0.1, -0.05) is 30.8 Å². The Balaban J connectivity index is 1.32. The molecule has 0 aromatic heterocycles. The van der Waals surface area contributed by atoms with E-state index in [0.717, 1.165) is 74.5 Å². The minimum atomic E-state index is -0.157. The van der Waals surface area contributed by atoms with Crippen molar-refractivity contribution >= 4 is 22.7 Å². The number of aliphatic imine (C=N–C) groups is 1. The van der Waals surface area contributed by atoms with Crippen molar-refractivity contribution in [2.45, 2.75) is 57.8 Å². The minimum absolute atomic E-state index is 0.0351. The summed E-state index contributed by atoms with van der Waals surface area (Å²) >= 11 is 1.81. The summed E-state index contributed by atoms with van der Waals surface area (Å²) in [5.41, 5.74) is 2.02. The SMILES string of the molecule is C[C@]12CCC3c4cccc(F)c4CCC3C1[C@H](CCCNC1=NCCS1)CC2=O. The average molecular weight is 415 g/mol. The van der Waals surface area contributed by atoms with Gasteiger partial charge >= 0.3 is 0 Å². The molecule has 3 aliphatic carbocycles. The average Bonchev–Trinajstić information content (AvgIpc) is 3.32. The lowest BCUT2D eigenvalue weighted by Crippen LogP contribution is -2.44. The van der Waals surface area contributed by atoms with Gasteiger partial charge in [0, 0.05) is 24.1 Å². The van der Waals surface area contributed by atoms with E-state index in [1.807, 2.05) is 6.07 Å². The number of nitrogens with zero attached hydrogens (tertiary/aromatic N) is 1. The number of Topliss-reactive ketones (excluding diaryl/α,β-unsaturated/α-hetero) is 1. The minimum Gasteiger partial charge on any atom is -0.365 e. The molecule has 1 aliphatic heterocycles. The van der Waals surface area contributed by atoms with Gasteiger partial charge in [0.2, 0.25) is 0 Å². The van der Waals surface area contributed by atoms with Gasteiger partial charge in [-0.3, -0.25) is 9.79 Å². The molecule has 4 aliphatic rings. The Kier molecular flexibility index (Phi) is 5.21. The molecule has 29 heavy (non-hydrogen) atoms. The number of nitrogens with one attached hydrogen (secondary N) is 1. The van der Waals surface area contributed by atoms with Crippen LogP contribution in [0.4, 0.5) is 4.39 Å². The number of hydrogen-bond acceptors (Lipinski definition) is 4. The number of rotatable bonds is 4. The fourth-order valence-electron chi connectivity index (χ4n) is 6.90. The lowest BCUT2D eigenvalue weighted by Gasteiger charge is -2.50. The Morgan fingerprint density at radius 3 is 3.07 bits per heavy atom. The van der Waals surface area contributed by atoms with Crippen LogP contribution in [-0.2, 0) is 11.2 Å². The summed E-state index contributed by atoms with van der Waals surface area (Å²) in [6.07, 6.45) is 6.81. The van der Waals surface area contributed by atoms with Gasteiger partial charge in [0.05, 0.1) is 6.54 Å². The van der Waals surface area contributed by atoms with Crippen LogP contribution in [0.5, 0.6) is 0 Å². The van der Waals surface area contributed by atoms with E-state index < -0.39 is 0 Å². The van der Waals surface area contributed by atoms with Crippen LogP contribution in [0.1, 0.15) is 62.5 Å². The molecule has 5 heteroatoms. The second-order valence-electron chi connectivity index (χ2n) is 9.59. The van der Waals surface area contributed by atoms with E-state index in [9.17, 15) is 9.18 Å². The van der Waals surface area contributed by atoms with Gasteiger partial charge in [0.15, 0.2) is 5.17 Å². The van der Waals surface area contributed by atoms with Crippen molar-refractivity contribution in [3.63, 3.8) is 0 Å². The molecule has 1 heterocycles. The Bertz CT molecular complexity index is 840. The fraction of sp³-hybridized carbons (Fsp3) is 0.667. The number of fused-ring (bicyclic) bond motifs is 5. The molecule has 0 saturated heterocycles. The van der Waals surface area contributed by atoms with Crippen molar-refractivity contribution in [3.8, 4) is 0 Å². The molecule has 0 amide bonds. The van der Waals surface area contributed by atoms with Crippen LogP contribution >= 0.6 is 11.8 Å². The van der Waals surface area contributed by atoms with Crippen molar-refractivity contribution in [2.24, 2.45) is 28.2 Å². The largest absolute Gasteiger partial charge is 0.365 e. The highest BCUT2D eigenvalue weighted by molar-refractivity contribution is 8.14. The molecule has 1 aromatic carbocycles. The van der Waals surface area contributed by atoms with Gasteiger partial charge in [0.25, 0.3) is 0 Å². The van der Waals surface area contributed by atoms with Crippen molar-refractivity contribution in [3.05, 3.63) is 35.1 Å². The summed E-state index contributed by atoms with van der Waals surface area (Å²) in [5, 5.41) is 4.54. The van der Waals surface area contributed by atoms with Gasteiger partial charge in [-0.15, -0.1) is 0 Å². The predicted molar refractivity (Wildman–Crippen MR) is 117 cm³/mol. The zero-order chi connectivity index (χ0) is 20.0. The van der Waals surface area contributed by atoms with Crippen LogP contribution in [0.2, 0.25) is 0 Å². The van der Waals surface area contributed by atoms with Crippen molar-refractivity contribution in [2.75, 3.05) is 18.8 Å². The molecule has 1 N–H and O–H groups in total. The molecule has 0 spiro atoms. The second kappa shape index (κ2) is 7.72. The summed E-state index contributed by atoms with van der Waals surface area (Å²) in [6, 6.07) is 5.62. The zero-order valence-electron chi connectivity index (χ0n) is 17.3. The summed E-state index contributed by atoms with van der Waals surface area (Å²) in [5.74, 6) is 3.45. The van der Waals surface area contributed by atoms with Crippen LogP contribution in [0.15, 0.2) is 23.2 Å². The van der Waals surface area contributed by atoms with E-state index in [-0.39, 0.29) is 11.2 Å². The van der Waals surface area contributed by atoms with Crippen LogP contribution in [-0.4, -0.2) is 29.8 Å². The van der Waals surface area contributed by atoms with Gasteiger partial charge in [0.1, 0.15) is 11.6 Å². The van der Waals surface area contributed by atoms with Gasteiger partial charge in [-0.25, -0.2) is 4.39 Å². The normalized spacial score (nSPS) is 35.7. The maximum atomic E-state index is 14.4. The number of thioether (sulfide) groups is 1. The number of amidine groups is 1. The molecule has 156 valence electrons. The highest BCUT2D eigenvalue weighted by atomic mass is 32.2. The van der Waals surface area contributed by atoms with Crippen LogP contribution in [0.3, 0.4) is 0 Å². The third kappa shape index (κ3) is 3.34. The molecular weight excluding hydrogens is 383 g/mol. The van der Waals surface area contributed by atoms with E-state index in [1.165, 1.54) is 5.56 Å². The molecule has 0 radical (unpaired) electrons. The van der Waals surface area contributed by atoms with E-state index >= 15 is 0 Å². The number of carbonyl (C=O) groups excluding carboxylic acids is 1. The lowest BCUT2D eigenvalue weighted by molar-refractivity contribution is -0.129. The summed E-state index contributed by atoms with van der Waals surface area (Å²) in [4.78, 5) is 17.5. The molecule has 0 bridgehead atoms. The van der Waals surface area contributed by atoms with Gasteiger partial charge in [-0.05, 0) is 79.4 Å². The summed E-state index contributed by atoms with van der Waals surface area (Å²) in [6.45, 7) is 4.11. The number of halogens is 1. The topological polar surface area (TPSA) is 41.5 Å². The Hall–Kier alpha value is -1.36. The number of carbonyl (C=O) groups is 1. The molecule has 2 saturated carbocycles. The second-order valence-corrected chi connectivity index (χ2v) is 10.7. The van der Waals surface area contributed by atoms with Crippen LogP contribution in [0, 0.1) is 29.0 Å². The monoisotopic (exact) mass is 414 g/mol. The molecule has 2 fully saturated rings. The molecular formula is C24H31FN2OS. The molecule has 3 unspecified atom stereocenters. The van der Waals surface area contributed by atoms with Crippen molar-refractivity contribution in [1.29, 1.82) is 0 Å². The molecule has 5 rings (SSSR count). The first kappa shape index (κ1) is 19.6. The summed E-state index contributed by atoms with van der Waals surface area (Å²) < 4.78 is 14.4. The molecule has 3 nitrogen and oxygen atoms in total. The quantitative estimate of drug-likeness (QED) is 0.709. The van der Waals surface area contributed by atoms with Crippen molar-refractivity contribution < 1.29 is 9.18 Å². The lowest BCUT2D eigenvalue weighted by atomic mass is 9.54. The van der Waals surface area contributed by atoms with E-state index in [4.69, 9.17) is 0 Å². The number of ketones is 1. The van der Waals surface area contributed by atoms with Gasteiger partial charge < -0.3 is 5.32 Å². The van der Waals surface area contributed by atoms with E-state index in [0.29, 0.717) is 29.5 Å². The zero-order valence-corrected chi connectivity index (χ0v) is 18.1. The van der Waals surface area contributed by atoms with Crippen LogP contribution < -0.4 is 5.32 Å². The highest BCUT2D eigenvalue weighted by Crippen LogP contribution is 2.62. The van der Waals surface area contributed by atoms with Gasteiger partial charge in [-0.2, -0.15) is 0 Å². The van der Waals surface area contributed by atoms with E-state index in [2.05, 4.69) is 23.3 Å². The Labute approximate surface area is 177 Å². The molecule has 1 aromatic rings. The third-order valence-corrected chi connectivity index (χ3v) is 9.11. The fourth-order valence-corrected chi connectivity index (χ4v) is 7.66. The Morgan fingerprint density at radius 1 is 1.34 bits per heavy atom.